The molecular formula is C23H21NO4S. The van der Waals surface area contributed by atoms with Gasteiger partial charge in [0.05, 0.1) is 5.56 Å². The average molecular weight is 407 g/mol. The topological polar surface area (TPSA) is 76.5 Å². The fourth-order valence-electron chi connectivity index (χ4n) is 2.89. The van der Waals surface area contributed by atoms with Crippen LogP contribution in [0.1, 0.15) is 45.7 Å². The van der Waals surface area contributed by atoms with Crippen LogP contribution in [0.4, 0.5) is 0 Å². The highest BCUT2D eigenvalue weighted by Gasteiger charge is 2.15. The molecule has 3 aromatic rings. The zero-order valence-corrected chi connectivity index (χ0v) is 17.0. The molecule has 0 fully saturated rings. The number of hydrogen-bond acceptors (Lipinski definition) is 6. The third-order valence-corrected chi connectivity index (χ3v) is 5.36. The zero-order chi connectivity index (χ0) is 20.8. The number of phenolic OH excluding ortho intramolecular Hbond substituents is 1. The minimum absolute atomic E-state index is 0.00425. The Kier molecular flexibility index (Phi) is 6.67. The van der Waals surface area contributed by atoms with E-state index in [1.807, 2.05) is 31.2 Å². The maximum Gasteiger partial charge on any atom is 0.163 e. The Morgan fingerprint density at radius 1 is 1.14 bits per heavy atom. The molecule has 0 unspecified atom stereocenters. The Morgan fingerprint density at radius 2 is 1.90 bits per heavy atom. The summed E-state index contributed by atoms with van der Waals surface area (Å²) in [5.41, 5.74) is 2.47. The van der Waals surface area contributed by atoms with E-state index in [0.29, 0.717) is 35.5 Å². The van der Waals surface area contributed by atoms with Crippen LogP contribution in [-0.2, 0) is 13.0 Å². The summed E-state index contributed by atoms with van der Waals surface area (Å²) in [6.07, 6.45) is 4.59. The maximum atomic E-state index is 11.6. The molecule has 6 heteroatoms. The lowest BCUT2D eigenvalue weighted by atomic mass is 10.0. The smallest absolute Gasteiger partial charge is 0.163 e. The molecule has 2 aromatic carbocycles. The minimum atomic E-state index is -0.175. The van der Waals surface area contributed by atoms with Crippen molar-refractivity contribution in [3.8, 4) is 11.5 Å². The SMILES string of the molecule is CCc1c(OCc2ccc(Sc3cncc(C=O)c3)cc2)ccc(C(C)=O)c1O. The van der Waals surface area contributed by atoms with Crippen molar-refractivity contribution in [2.24, 2.45) is 0 Å². The summed E-state index contributed by atoms with van der Waals surface area (Å²) >= 11 is 1.53. The number of aromatic nitrogens is 1. The van der Waals surface area contributed by atoms with E-state index in [9.17, 15) is 14.7 Å². The molecule has 0 amide bonds. The Morgan fingerprint density at radius 3 is 2.55 bits per heavy atom. The van der Waals surface area contributed by atoms with Gasteiger partial charge in [0.2, 0.25) is 0 Å². The van der Waals surface area contributed by atoms with Crippen LogP contribution in [0.15, 0.2) is 64.6 Å². The molecule has 5 nitrogen and oxygen atoms in total. The van der Waals surface area contributed by atoms with Crippen molar-refractivity contribution < 1.29 is 19.4 Å². The lowest BCUT2D eigenvalue weighted by Crippen LogP contribution is -2.01. The average Bonchev–Trinajstić information content (AvgIpc) is 2.73. The first kappa shape index (κ1) is 20.6. The third kappa shape index (κ3) is 5.03. The monoisotopic (exact) mass is 407 g/mol. The number of phenols is 1. The molecule has 1 heterocycles. The summed E-state index contributed by atoms with van der Waals surface area (Å²) in [5, 5.41) is 10.3. The highest BCUT2D eigenvalue weighted by molar-refractivity contribution is 7.99. The van der Waals surface area contributed by atoms with E-state index in [-0.39, 0.29) is 11.5 Å². The van der Waals surface area contributed by atoms with Crippen molar-refractivity contribution in [1.29, 1.82) is 0 Å². The molecule has 0 aliphatic carbocycles. The highest BCUT2D eigenvalue weighted by atomic mass is 32.2. The number of carbonyl (C=O) groups is 2. The zero-order valence-electron chi connectivity index (χ0n) is 16.2. The molecule has 3 rings (SSSR count). The Hall–Kier alpha value is -3.12. The van der Waals surface area contributed by atoms with Crippen LogP contribution in [0.2, 0.25) is 0 Å². The maximum absolute atomic E-state index is 11.6. The highest BCUT2D eigenvalue weighted by Crippen LogP contribution is 2.33. The van der Waals surface area contributed by atoms with Crippen molar-refractivity contribution >= 4 is 23.8 Å². The van der Waals surface area contributed by atoms with E-state index < -0.39 is 0 Å². The van der Waals surface area contributed by atoms with Gasteiger partial charge in [0, 0.05) is 33.3 Å². The van der Waals surface area contributed by atoms with Crippen LogP contribution in [0.3, 0.4) is 0 Å². The quantitative estimate of drug-likeness (QED) is 0.414. The van der Waals surface area contributed by atoms with Crippen molar-refractivity contribution in [3.63, 3.8) is 0 Å². The van der Waals surface area contributed by atoms with Gasteiger partial charge in [0.15, 0.2) is 12.1 Å². The summed E-state index contributed by atoms with van der Waals surface area (Å²) in [6, 6.07) is 13.0. The normalized spacial score (nSPS) is 10.6. The molecule has 0 saturated heterocycles. The number of nitrogens with zero attached hydrogens (tertiary/aromatic N) is 1. The summed E-state index contributed by atoms with van der Waals surface area (Å²) in [6.45, 7) is 3.69. The number of aldehydes is 1. The standard InChI is InChI=1S/C23H21NO4S/c1-3-20-22(9-8-21(15(2)26)23(20)27)28-14-16-4-6-18(7-5-16)29-19-10-17(13-25)11-24-12-19/h4-13,27H,3,14H2,1-2H3. The van der Waals surface area contributed by atoms with Gasteiger partial charge in [0.25, 0.3) is 0 Å². The van der Waals surface area contributed by atoms with Crippen LogP contribution in [0, 0.1) is 0 Å². The molecule has 148 valence electrons. The predicted molar refractivity (Wildman–Crippen MR) is 112 cm³/mol. The molecule has 0 radical (unpaired) electrons. The first-order chi connectivity index (χ1) is 14.0. The number of pyridine rings is 1. The van der Waals surface area contributed by atoms with Crippen molar-refractivity contribution in [3.05, 3.63) is 77.1 Å². The van der Waals surface area contributed by atoms with Gasteiger partial charge in [-0.15, -0.1) is 0 Å². The van der Waals surface area contributed by atoms with Crippen LogP contribution in [-0.4, -0.2) is 22.2 Å². The van der Waals surface area contributed by atoms with Crippen LogP contribution >= 0.6 is 11.8 Å². The van der Waals surface area contributed by atoms with Gasteiger partial charge in [0.1, 0.15) is 18.1 Å². The lowest BCUT2D eigenvalue weighted by Gasteiger charge is -2.14. The van der Waals surface area contributed by atoms with Crippen LogP contribution in [0.5, 0.6) is 11.5 Å². The van der Waals surface area contributed by atoms with Gasteiger partial charge in [-0.05, 0) is 49.2 Å². The van der Waals surface area contributed by atoms with E-state index in [2.05, 4.69) is 4.98 Å². The van der Waals surface area contributed by atoms with Gasteiger partial charge in [-0.25, -0.2) is 0 Å². The van der Waals surface area contributed by atoms with Crippen molar-refractivity contribution in [2.45, 2.75) is 36.7 Å². The molecule has 0 spiro atoms. The molecule has 1 N–H and O–H groups in total. The molecule has 0 bridgehead atoms. The summed E-state index contributed by atoms with van der Waals surface area (Å²) < 4.78 is 5.89. The second kappa shape index (κ2) is 9.39. The molecule has 0 aliphatic rings. The second-order valence-electron chi connectivity index (χ2n) is 6.45. The molecule has 0 saturated carbocycles. The summed E-state index contributed by atoms with van der Waals surface area (Å²) in [5.74, 6) is 0.395. The second-order valence-corrected chi connectivity index (χ2v) is 7.60. The van der Waals surface area contributed by atoms with Crippen molar-refractivity contribution in [1.82, 2.24) is 4.98 Å². The number of hydrogen-bond donors (Lipinski definition) is 1. The molecular weight excluding hydrogens is 386 g/mol. The number of ether oxygens (including phenoxy) is 1. The van der Waals surface area contributed by atoms with Gasteiger partial charge >= 0.3 is 0 Å². The largest absolute Gasteiger partial charge is 0.507 e. The number of ketones is 1. The van der Waals surface area contributed by atoms with E-state index in [1.54, 1.807) is 24.4 Å². The van der Waals surface area contributed by atoms with E-state index in [4.69, 9.17) is 4.74 Å². The predicted octanol–water partition coefficient (Wildman–Crippen LogP) is 5.09. The number of carbonyl (C=O) groups excluding carboxylic acids is 2. The van der Waals surface area contributed by atoms with Gasteiger partial charge in [-0.3, -0.25) is 14.6 Å². The van der Waals surface area contributed by atoms with E-state index in [0.717, 1.165) is 21.6 Å². The first-order valence-corrected chi connectivity index (χ1v) is 9.99. The lowest BCUT2D eigenvalue weighted by molar-refractivity contribution is 0.101. The fraction of sp³-hybridized carbons (Fsp3) is 0.174. The van der Waals surface area contributed by atoms with Gasteiger partial charge < -0.3 is 9.84 Å². The molecule has 1 aromatic heterocycles. The third-order valence-electron chi connectivity index (χ3n) is 4.40. The summed E-state index contributed by atoms with van der Waals surface area (Å²) in [4.78, 5) is 28.4. The number of benzene rings is 2. The van der Waals surface area contributed by atoms with Crippen LogP contribution in [0.25, 0.3) is 0 Å². The minimum Gasteiger partial charge on any atom is -0.507 e. The van der Waals surface area contributed by atoms with E-state index in [1.165, 1.54) is 24.9 Å². The fourth-order valence-corrected chi connectivity index (χ4v) is 3.74. The Bertz CT molecular complexity index is 1030. The Labute approximate surface area is 173 Å². The number of Topliss-reactive ketones (excluding diaryl/α,β-unsaturated/α-hetero) is 1. The number of rotatable bonds is 8. The summed E-state index contributed by atoms with van der Waals surface area (Å²) in [7, 11) is 0. The molecule has 0 aliphatic heterocycles. The van der Waals surface area contributed by atoms with Gasteiger partial charge in [-0.1, -0.05) is 30.8 Å². The first-order valence-electron chi connectivity index (χ1n) is 9.17. The number of aromatic hydroxyl groups is 1. The van der Waals surface area contributed by atoms with Gasteiger partial charge in [-0.2, -0.15) is 0 Å². The van der Waals surface area contributed by atoms with E-state index >= 15 is 0 Å². The van der Waals surface area contributed by atoms with Crippen molar-refractivity contribution in [2.75, 3.05) is 0 Å². The van der Waals surface area contributed by atoms with Crippen LogP contribution < -0.4 is 4.74 Å². The molecule has 0 atom stereocenters. The Balaban J connectivity index is 1.68. The molecule has 29 heavy (non-hydrogen) atoms.